The van der Waals surface area contributed by atoms with Gasteiger partial charge in [0.1, 0.15) is 11.6 Å². The first-order valence-corrected chi connectivity index (χ1v) is 6.83. The Morgan fingerprint density at radius 3 is 2.79 bits per heavy atom. The molecule has 19 heavy (non-hydrogen) atoms. The number of hydrogen-bond donors (Lipinski definition) is 1. The topological polar surface area (TPSA) is 50.9 Å². The van der Waals surface area contributed by atoms with Gasteiger partial charge in [-0.15, -0.1) is 10.2 Å². The molecule has 4 nitrogen and oxygen atoms in total. The molecule has 3 rings (SSSR count). The van der Waals surface area contributed by atoms with E-state index in [9.17, 15) is 5.11 Å². The average Bonchev–Trinajstić information content (AvgIpc) is 2.83. The van der Waals surface area contributed by atoms with E-state index in [1.54, 1.807) is 0 Å². The van der Waals surface area contributed by atoms with Crippen molar-refractivity contribution in [1.82, 2.24) is 14.8 Å². The van der Waals surface area contributed by atoms with Crippen molar-refractivity contribution in [1.29, 1.82) is 0 Å². The first-order valence-electron chi connectivity index (χ1n) is 6.83. The van der Waals surface area contributed by atoms with Gasteiger partial charge in [0.05, 0.1) is 0 Å². The first-order chi connectivity index (χ1) is 9.26. The van der Waals surface area contributed by atoms with Crippen molar-refractivity contribution in [2.45, 2.75) is 32.7 Å². The van der Waals surface area contributed by atoms with Crippen molar-refractivity contribution >= 4 is 0 Å². The van der Waals surface area contributed by atoms with E-state index in [-0.39, 0.29) is 6.61 Å². The maximum atomic E-state index is 9.23. The van der Waals surface area contributed by atoms with Crippen LogP contribution in [0, 0.1) is 12.8 Å². The maximum absolute atomic E-state index is 9.23. The number of aryl methyl sites for hydroxylation is 1. The minimum absolute atomic E-state index is 0.250. The molecule has 0 saturated heterocycles. The number of nitrogens with zero attached hydrogens (tertiary/aromatic N) is 3. The largest absolute Gasteiger partial charge is 0.396 e. The number of benzene rings is 1. The second-order valence-electron chi connectivity index (χ2n) is 5.39. The third kappa shape index (κ3) is 2.54. The summed E-state index contributed by atoms with van der Waals surface area (Å²) in [6, 6.07) is 8.56. The number of rotatable bonds is 3. The van der Waals surface area contributed by atoms with Crippen molar-refractivity contribution in [2.24, 2.45) is 5.92 Å². The molecule has 2 heterocycles. The van der Waals surface area contributed by atoms with E-state index in [1.807, 2.05) is 0 Å². The third-order valence-electron chi connectivity index (χ3n) is 3.88. The summed E-state index contributed by atoms with van der Waals surface area (Å²) in [5, 5.41) is 17.8. The van der Waals surface area contributed by atoms with Crippen LogP contribution in [0.1, 0.15) is 29.2 Å². The Balaban J connectivity index is 1.80. The number of aliphatic hydroxyl groups is 1. The monoisotopic (exact) mass is 257 g/mol. The number of hydrogen-bond acceptors (Lipinski definition) is 3. The van der Waals surface area contributed by atoms with E-state index in [2.05, 4.69) is 46.0 Å². The van der Waals surface area contributed by atoms with Gasteiger partial charge in [-0.05, 0) is 24.8 Å². The molecule has 1 aromatic carbocycles. The van der Waals surface area contributed by atoms with Crippen LogP contribution in [0.3, 0.4) is 0 Å². The summed E-state index contributed by atoms with van der Waals surface area (Å²) in [5.41, 5.74) is 2.54. The number of fused-ring (bicyclic) bond motifs is 1. The van der Waals surface area contributed by atoms with Crippen LogP contribution in [0.4, 0.5) is 0 Å². The molecule has 0 saturated carbocycles. The minimum Gasteiger partial charge on any atom is -0.396 e. The molecule has 1 aliphatic rings. The molecule has 100 valence electrons. The van der Waals surface area contributed by atoms with Crippen LogP contribution in [-0.2, 0) is 19.4 Å². The Hall–Kier alpha value is -1.68. The lowest BCUT2D eigenvalue weighted by Gasteiger charge is -2.21. The minimum atomic E-state index is 0.250. The Labute approximate surface area is 113 Å². The molecule has 1 atom stereocenters. The van der Waals surface area contributed by atoms with Gasteiger partial charge in [-0.25, -0.2) is 0 Å². The highest BCUT2D eigenvalue weighted by Crippen LogP contribution is 2.21. The summed E-state index contributed by atoms with van der Waals surface area (Å²) < 4.78 is 2.21. The van der Waals surface area contributed by atoms with Crippen molar-refractivity contribution < 1.29 is 5.11 Å². The lowest BCUT2D eigenvalue weighted by Crippen LogP contribution is -2.23. The zero-order valence-electron chi connectivity index (χ0n) is 11.2. The molecule has 1 aliphatic heterocycles. The van der Waals surface area contributed by atoms with E-state index in [0.717, 1.165) is 37.5 Å². The first kappa shape index (κ1) is 12.4. The molecule has 0 aliphatic carbocycles. The van der Waals surface area contributed by atoms with Gasteiger partial charge in [-0.2, -0.15) is 0 Å². The lowest BCUT2D eigenvalue weighted by atomic mass is 9.98. The van der Waals surface area contributed by atoms with E-state index >= 15 is 0 Å². The quantitative estimate of drug-likeness (QED) is 0.911. The Kier molecular flexibility index (Phi) is 3.34. The van der Waals surface area contributed by atoms with Crippen LogP contribution in [0.25, 0.3) is 0 Å². The van der Waals surface area contributed by atoms with E-state index in [4.69, 9.17) is 0 Å². The van der Waals surface area contributed by atoms with E-state index in [0.29, 0.717) is 5.92 Å². The highest BCUT2D eigenvalue weighted by atomic mass is 16.3. The van der Waals surface area contributed by atoms with Gasteiger partial charge >= 0.3 is 0 Å². The fraction of sp³-hybridized carbons (Fsp3) is 0.467. The molecule has 4 heteroatoms. The van der Waals surface area contributed by atoms with Gasteiger partial charge in [0.15, 0.2) is 0 Å². The summed E-state index contributed by atoms with van der Waals surface area (Å²) >= 11 is 0. The van der Waals surface area contributed by atoms with Crippen molar-refractivity contribution in [3.05, 3.63) is 47.0 Å². The van der Waals surface area contributed by atoms with Crippen LogP contribution in [-0.4, -0.2) is 26.5 Å². The summed E-state index contributed by atoms with van der Waals surface area (Å²) in [4.78, 5) is 0. The SMILES string of the molecule is Cc1ccc(Cc2nnc3n2CCC(CO)C3)cc1. The fourth-order valence-corrected chi connectivity index (χ4v) is 2.63. The van der Waals surface area contributed by atoms with Gasteiger partial charge < -0.3 is 9.67 Å². The van der Waals surface area contributed by atoms with Gasteiger partial charge in [-0.1, -0.05) is 29.8 Å². The van der Waals surface area contributed by atoms with Gasteiger partial charge in [0.2, 0.25) is 0 Å². The third-order valence-corrected chi connectivity index (χ3v) is 3.88. The Morgan fingerprint density at radius 2 is 2.05 bits per heavy atom. The molecule has 0 fully saturated rings. The number of aliphatic hydroxyl groups excluding tert-OH is 1. The predicted octanol–water partition coefficient (Wildman–Crippen LogP) is 1.73. The fourth-order valence-electron chi connectivity index (χ4n) is 2.63. The van der Waals surface area contributed by atoms with Gasteiger partial charge in [0.25, 0.3) is 0 Å². The van der Waals surface area contributed by atoms with Crippen LogP contribution < -0.4 is 0 Å². The molecule has 1 unspecified atom stereocenters. The molecule has 1 N–H and O–H groups in total. The second-order valence-corrected chi connectivity index (χ2v) is 5.39. The summed E-state index contributed by atoms with van der Waals surface area (Å²) in [6.45, 7) is 3.27. The van der Waals surface area contributed by atoms with Crippen LogP contribution in [0.15, 0.2) is 24.3 Å². The van der Waals surface area contributed by atoms with Gasteiger partial charge in [-0.3, -0.25) is 0 Å². The van der Waals surface area contributed by atoms with E-state index < -0.39 is 0 Å². The zero-order valence-corrected chi connectivity index (χ0v) is 11.2. The molecular formula is C15H19N3O. The Morgan fingerprint density at radius 1 is 1.26 bits per heavy atom. The highest BCUT2D eigenvalue weighted by molar-refractivity contribution is 5.24. The van der Waals surface area contributed by atoms with Crippen molar-refractivity contribution in [3.8, 4) is 0 Å². The molecule has 1 aromatic heterocycles. The summed E-state index contributed by atoms with van der Waals surface area (Å²) in [5.74, 6) is 2.41. The van der Waals surface area contributed by atoms with Gasteiger partial charge in [0, 0.05) is 26.0 Å². The molecule has 0 amide bonds. The standard InChI is InChI=1S/C15H19N3O/c1-11-2-4-12(5-3-11)8-14-16-17-15-9-13(10-19)6-7-18(14)15/h2-5,13,19H,6-10H2,1H3. The lowest BCUT2D eigenvalue weighted by molar-refractivity contribution is 0.198. The maximum Gasteiger partial charge on any atom is 0.137 e. The molecule has 0 radical (unpaired) electrons. The van der Waals surface area contributed by atoms with Crippen LogP contribution in [0.2, 0.25) is 0 Å². The van der Waals surface area contributed by atoms with Crippen LogP contribution >= 0.6 is 0 Å². The molecule has 2 aromatic rings. The number of aromatic nitrogens is 3. The zero-order chi connectivity index (χ0) is 13.2. The normalized spacial score (nSPS) is 18.3. The van der Waals surface area contributed by atoms with Crippen molar-refractivity contribution in [3.63, 3.8) is 0 Å². The Bertz CT molecular complexity index is 559. The summed E-state index contributed by atoms with van der Waals surface area (Å²) in [6.07, 6.45) is 2.69. The van der Waals surface area contributed by atoms with Crippen LogP contribution in [0.5, 0.6) is 0 Å². The second kappa shape index (κ2) is 5.13. The molecule has 0 spiro atoms. The average molecular weight is 257 g/mol. The van der Waals surface area contributed by atoms with E-state index in [1.165, 1.54) is 11.1 Å². The van der Waals surface area contributed by atoms with Crippen molar-refractivity contribution in [2.75, 3.05) is 6.61 Å². The summed E-state index contributed by atoms with van der Waals surface area (Å²) in [7, 11) is 0. The predicted molar refractivity (Wildman–Crippen MR) is 72.9 cm³/mol. The smallest absolute Gasteiger partial charge is 0.137 e. The highest BCUT2D eigenvalue weighted by Gasteiger charge is 2.22. The molecular weight excluding hydrogens is 238 g/mol. The molecule has 0 bridgehead atoms.